The van der Waals surface area contributed by atoms with Crippen LogP contribution >= 0.6 is 11.3 Å². The molecule has 0 saturated carbocycles. The predicted octanol–water partition coefficient (Wildman–Crippen LogP) is 6.10. The van der Waals surface area contributed by atoms with E-state index < -0.39 is 0 Å². The fourth-order valence-electron chi connectivity index (χ4n) is 4.98. The summed E-state index contributed by atoms with van der Waals surface area (Å²) in [5, 5.41) is 11.9. The van der Waals surface area contributed by atoms with Crippen molar-refractivity contribution in [1.82, 2.24) is 14.9 Å². The number of halogens is 1. The van der Waals surface area contributed by atoms with Gasteiger partial charge in [-0.1, -0.05) is 6.58 Å². The number of methoxy groups -OCH3 is 1. The molecule has 1 fully saturated rings. The number of rotatable bonds is 12. The molecule has 1 unspecified atom stereocenters. The van der Waals surface area contributed by atoms with E-state index in [-0.39, 0.29) is 17.8 Å². The van der Waals surface area contributed by atoms with Crippen molar-refractivity contribution in [3.05, 3.63) is 83.6 Å². The Kier molecular flexibility index (Phi) is 9.73. The van der Waals surface area contributed by atoms with Gasteiger partial charge < -0.3 is 25.2 Å². The van der Waals surface area contributed by atoms with Crippen LogP contribution in [-0.4, -0.2) is 68.7 Å². The number of nitrogens with zero attached hydrogens (tertiary/aromatic N) is 5. The summed E-state index contributed by atoms with van der Waals surface area (Å²) in [5.74, 6) is 0.928. The molecular weight excluding hydrogens is 581 g/mol. The van der Waals surface area contributed by atoms with E-state index in [2.05, 4.69) is 37.0 Å². The molecule has 0 bridgehead atoms. The molecule has 10 nitrogen and oxygen atoms in total. The average Bonchev–Trinajstić information content (AvgIpc) is 3.73. The standard InChI is InChI=1S/C32H36FN7O3S/c1-6-32(41)37-25-16-26(29(42-5)17-28(25)39(4)10-9-38(2)3)36-30-18-31(35-20-34-30)40-27(7-11-43-40)23-13-22(14-24(33)15-23)21-8-12-44-19-21/h6,8,12-20,27H,1,7,9-11H2,2-5H3,(H,37,41)(H,34,35,36). The lowest BCUT2D eigenvalue weighted by Gasteiger charge is -2.26. The van der Waals surface area contributed by atoms with Crippen molar-refractivity contribution in [1.29, 1.82) is 0 Å². The van der Waals surface area contributed by atoms with Crippen LogP contribution in [0.4, 0.5) is 33.1 Å². The first kappa shape index (κ1) is 30.9. The lowest BCUT2D eigenvalue weighted by Crippen LogP contribution is -2.29. The Balaban J connectivity index is 1.43. The third kappa shape index (κ3) is 7.16. The molecule has 0 spiro atoms. The van der Waals surface area contributed by atoms with E-state index >= 15 is 0 Å². The van der Waals surface area contributed by atoms with Crippen molar-refractivity contribution >= 4 is 45.9 Å². The molecule has 230 valence electrons. The molecular formula is C32H36FN7O3S. The molecule has 1 aliphatic rings. The van der Waals surface area contributed by atoms with Crippen LogP contribution in [0.3, 0.4) is 0 Å². The summed E-state index contributed by atoms with van der Waals surface area (Å²) in [5.41, 5.74) is 4.56. The van der Waals surface area contributed by atoms with Crippen molar-refractivity contribution in [2.45, 2.75) is 12.5 Å². The molecule has 12 heteroatoms. The second-order valence-corrected chi connectivity index (χ2v) is 11.4. The minimum absolute atomic E-state index is 0.238. The van der Waals surface area contributed by atoms with Crippen molar-refractivity contribution in [3.8, 4) is 16.9 Å². The quantitative estimate of drug-likeness (QED) is 0.183. The van der Waals surface area contributed by atoms with Gasteiger partial charge >= 0.3 is 0 Å². The van der Waals surface area contributed by atoms with Gasteiger partial charge in [-0.2, -0.15) is 11.3 Å². The summed E-state index contributed by atoms with van der Waals surface area (Å²) >= 11 is 1.57. The Morgan fingerprint density at radius 3 is 2.73 bits per heavy atom. The van der Waals surface area contributed by atoms with E-state index in [0.29, 0.717) is 41.8 Å². The number of hydroxylamine groups is 1. The van der Waals surface area contributed by atoms with Gasteiger partial charge in [0.2, 0.25) is 5.91 Å². The molecule has 1 atom stereocenters. The summed E-state index contributed by atoms with van der Waals surface area (Å²) in [6, 6.07) is 12.3. The number of amides is 1. The van der Waals surface area contributed by atoms with Crippen molar-refractivity contribution in [2.24, 2.45) is 0 Å². The predicted molar refractivity (Wildman–Crippen MR) is 174 cm³/mol. The van der Waals surface area contributed by atoms with E-state index in [9.17, 15) is 9.18 Å². The Morgan fingerprint density at radius 1 is 1.16 bits per heavy atom. The zero-order valence-electron chi connectivity index (χ0n) is 25.2. The van der Waals surface area contributed by atoms with Crippen LogP contribution in [0.1, 0.15) is 18.0 Å². The van der Waals surface area contributed by atoms with Crippen molar-refractivity contribution in [2.75, 3.05) is 68.5 Å². The minimum Gasteiger partial charge on any atom is -0.494 e. The number of nitrogens with one attached hydrogen (secondary N) is 2. The molecule has 1 saturated heterocycles. The fraction of sp³-hybridized carbons (Fsp3) is 0.281. The van der Waals surface area contributed by atoms with Gasteiger partial charge in [-0.25, -0.2) is 19.4 Å². The number of benzene rings is 2. The lowest BCUT2D eigenvalue weighted by atomic mass is 9.99. The monoisotopic (exact) mass is 617 g/mol. The van der Waals surface area contributed by atoms with Crippen molar-refractivity contribution < 1.29 is 18.8 Å². The smallest absolute Gasteiger partial charge is 0.247 e. The normalized spacial score (nSPS) is 14.5. The SMILES string of the molecule is C=CC(=O)Nc1cc(Nc2cc(N3OCCC3c3cc(F)cc(-c4ccsc4)c3)ncn2)c(OC)cc1N(C)CCN(C)C. The largest absolute Gasteiger partial charge is 0.494 e. The molecule has 0 aliphatic carbocycles. The van der Waals surface area contributed by atoms with E-state index in [0.717, 1.165) is 35.5 Å². The zero-order chi connectivity index (χ0) is 31.2. The maximum absolute atomic E-state index is 14.7. The number of thiophene rings is 1. The summed E-state index contributed by atoms with van der Waals surface area (Å²) in [6.45, 7) is 5.60. The van der Waals surface area contributed by atoms with Gasteiger partial charge in [0, 0.05) is 38.7 Å². The number of hydrogen-bond donors (Lipinski definition) is 2. The van der Waals surface area contributed by atoms with E-state index in [1.165, 1.54) is 12.4 Å². The molecule has 2 N–H and O–H groups in total. The number of carbonyl (C=O) groups is 1. The molecule has 1 aliphatic heterocycles. The van der Waals surface area contributed by atoms with E-state index in [1.54, 1.807) is 47.8 Å². The maximum atomic E-state index is 14.7. The number of likely N-dealkylation sites (N-methyl/N-ethyl adjacent to an activating group) is 2. The first-order valence-corrected chi connectivity index (χ1v) is 15.1. The third-order valence-corrected chi connectivity index (χ3v) is 7.94. The van der Waals surface area contributed by atoms with Crippen LogP contribution in [0.5, 0.6) is 5.75 Å². The Morgan fingerprint density at radius 2 is 2.00 bits per heavy atom. The Labute approximate surface area is 260 Å². The zero-order valence-corrected chi connectivity index (χ0v) is 26.0. The molecule has 2 aromatic heterocycles. The van der Waals surface area contributed by atoms with E-state index in [4.69, 9.17) is 9.57 Å². The number of ether oxygens (including phenoxy) is 1. The third-order valence-electron chi connectivity index (χ3n) is 7.26. The maximum Gasteiger partial charge on any atom is 0.247 e. The average molecular weight is 618 g/mol. The van der Waals surface area contributed by atoms with Crippen LogP contribution in [0, 0.1) is 5.82 Å². The highest BCUT2D eigenvalue weighted by Crippen LogP contribution is 2.40. The second-order valence-electron chi connectivity index (χ2n) is 10.6. The molecule has 4 aromatic rings. The second kappa shape index (κ2) is 13.8. The number of hydrogen-bond acceptors (Lipinski definition) is 10. The highest BCUT2D eigenvalue weighted by molar-refractivity contribution is 7.08. The van der Waals surface area contributed by atoms with E-state index in [1.807, 2.05) is 50.1 Å². The summed E-state index contributed by atoms with van der Waals surface area (Å²) in [7, 11) is 7.56. The van der Waals surface area contributed by atoms with Crippen LogP contribution in [0.25, 0.3) is 11.1 Å². The first-order chi connectivity index (χ1) is 21.2. The highest BCUT2D eigenvalue weighted by Gasteiger charge is 2.30. The molecule has 0 radical (unpaired) electrons. The molecule has 1 amide bonds. The summed E-state index contributed by atoms with van der Waals surface area (Å²) in [4.78, 5) is 31.3. The molecule has 2 aromatic carbocycles. The van der Waals surface area contributed by atoms with Crippen LogP contribution in [0.2, 0.25) is 0 Å². The fourth-order valence-corrected chi connectivity index (χ4v) is 5.64. The van der Waals surface area contributed by atoms with Gasteiger partial charge in [-0.3, -0.25) is 9.63 Å². The topological polar surface area (TPSA) is 95.1 Å². The molecule has 5 rings (SSSR count). The van der Waals surface area contributed by atoms with Gasteiger partial charge in [0.25, 0.3) is 0 Å². The van der Waals surface area contributed by atoms with Gasteiger partial charge in [0.05, 0.1) is 36.8 Å². The minimum atomic E-state index is -0.329. The first-order valence-electron chi connectivity index (χ1n) is 14.1. The lowest BCUT2D eigenvalue weighted by molar-refractivity contribution is -0.111. The van der Waals surface area contributed by atoms with Gasteiger partial charge in [-0.05, 0) is 78.0 Å². The Bertz CT molecular complexity index is 1620. The van der Waals surface area contributed by atoms with Crippen LogP contribution in [0.15, 0.2) is 72.2 Å². The molecule has 44 heavy (non-hydrogen) atoms. The van der Waals surface area contributed by atoms with Gasteiger partial charge in [0.15, 0.2) is 5.82 Å². The number of carbonyl (C=O) groups excluding carboxylic acids is 1. The molecule has 3 heterocycles. The Hall–Kier alpha value is -4.52. The number of anilines is 5. The van der Waals surface area contributed by atoms with Crippen LogP contribution < -0.4 is 25.3 Å². The summed E-state index contributed by atoms with van der Waals surface area (Å²) in [6.07, 6.45) is 3.34. The van der Waals surface area contributed by atoms with Gasteiger partial charge in [0.1, 0.15) is 23.7 Å². The summed E-state index contributed by atoms with van der Waals surface area (Å²) < 4.78 is 20.5. The van der Waals surface area contributed by atoms with Gasteiger partial charge in [-0.15, -0.1) is 0 Å². The van der Waals surface area contributed by atoms with Crippen molar-refractivity contribution in [3.63, 3.8) is 0 Å². The number of aromatic nitrogens is 2. The van der Waals surface area contributed by atoms with Crippen LogP contribution in [-0.2, 0) is 9.63 Å². The highest BCUT2D eigenvalue weighted by atomic mass is 32.1.